The van der Waals surface area contributed by atoms with Crippen molar-refractivity contribution in [2.24, 2.45) is 0 Å². The number of alkyl halides is 4. The van der Waals surface area contributed by atoms with Crippen LogP contribution in [0.15, 0.2) is 214 Å². The topological polar surface area (TPSA) is 278 Å². The summed E-state index contributed by atoms with van der Waals surface area (Å²) in [5, 5.41) is 25.2. The summed E-state index contributed by atoms with van der Waals surface area (Å²) in [6.45, 7) is 8.57. The number of anilines is 4. The largest absolute Gasteiger partial charge is 0.504 e. The molecule has 18 rings (SSSR count). The fraction of sp³-hybridized carbons (Fsp3) is 0.241. The van der Waals surface area contributed by atoms with E-state index in [0.29, 0.717) is 56.5 Å². The first kappa shape index (κ1) is 71.9. The quantitative estimate of drug-likeness (QED) is 0.0530. The van der Waals surface area contributed by atoms with Gasteiger partial charge < -0.3 is 70.2 Å². The van der Waals surface area contributed by atoms with Crippen molar-refractivity contribution in [1.82, 2.24) is 68.8 Å². The Morgan fingerprint density at radius 3 is 1.10 bits per heavy atom. The number of halogens is 4. The summed E-state index contributed by atoms with van der Waals surface area (Å²) in [7, 11) is 1.37. The second-order valence-corrected chi connectivity index (χ2v) is 26.2. The Labute approximate surface area is 619 Å². The molecule has 7 N–H and O–H groups in total. The third-order valence-electron chi connectivity index (χ3n) is 19.4. The second kappa shape index (κ2) is 32.2. The molecule has 558 valence electrons. The highest BCUT2D eigenvalue weighted by Crippen LogP contribution is 2.35. The van der Waals surface area contributed by atoms with Gasteiger partial charge in [0.15, 0.2) is 23.0 Å². The molecule has 4 aliphatic rings. The summed E-state index contributed by atoms with van der Waals surface area (Å²) >= 11 is 0. The number of aromatic nitrogens is 10. The lowest BCUT2D eigenvalue weighted by Crippen LogP contribution is -2.43. The number of methoxy groups -OCH3 is 1. The molecule has 0 spiro atoms. The van der Waals surface area contributed by atoms with Gasteiger partial charge in [0.05, 0.1) is 52.6 Å². The Morgan fingerprint density at radius 2 is 0.697 bits per heavy atom. The van der Waals surface area contributed by atoms with Gasteiger partial charge in [0, 0.05) is 205 Å². The first-order valence-corrected chi connectivity index (χ1v) is 35.6. The monoisotopic (exact) mass is 1480 g/mol. The molecular weight excluding hydrogens is 1400 g/mol. The van der Waals surface area contributed by atoms with Crippen molar-refractivity contribution in [3.8, 4) is 68.0 Å². The minimum Gasteiger partial charge on any atom is -0.504 e. The number of rotatable bonds is 13. The first-order valence-electron chi connectivity index (χ1n) is 35.6. The number of phenolic OH excluding ortho intramolecular Hbond substituents is 1. The lowest BCUT2D eigenvalue weighted by atomic mass is 10.1. The number of piperazine rings is 4. The van der Waals surface area contributed by atoms with Gasteiger partial charge in [0.1, 0.15) is 22.6 Å². The number of aromatic amines is 2. The fourth-order valence-corrected chi connectivity index (χ4v) is 13.7. The van der Waals surface area contributed by atoms with Crippen LogP contribution >= 0.6 is 0 Å². The number of H-pyrrole nitrogens is 2. The molecule has 4 aliphatic heterocycles. The van der Waals surface area contributed by atoms with E-state index in [-0.39, 0.29) is 39.5 Å². The Morgan fingerprint density at radius 1 is 0.358 bits per heavy atom. The van der Waals surface area contributed by atoms with Crippen LogP contribution in [0.1, 0.15) is 0 Å². The molecule has 10 aromatic heterocycles. The predicted octanol–water partition coefficient (Wildman–Crippen LogP) is 8.96. The number of ether oxygens (including phenoxy) is 3. The average Bonchev–Trinajstić information content (AvgIpc) is 1.52. The van der Waals surface area contributed by atoms with Gasteiger partial charge in [-0.3, -0.25) is 36.8 Å². The zero-order chi connectivity index (χ0) is 75.1. The van der Waals surface area contributed by atoms with Gasteiger partial charge in [-0.1, -0.05) is 18.2 Å². The number of benzene rings is 4. The molecule has 0 radical (unpaired) electrons. The van der Waals surface area contributed by atoms with Gasteiger partial charge >= 0.3 is 13.2 Å². The predicted molar refractivity (Wildman–Crippen MR) is 413 cm³/mol. The molecular formula is C79H76F4N18O8. The first-order chi connectivity index (χ1) is 53.1. The second-order valence-electron chi connectivity index (χ2n) is 26.2. The van der Waals surface area contributed by atoms with Gasteiger partial charge in [-0.05, 0) is 121 Å². The van der Waals surface area contributed by atoms with Gasteiger partial charge in [-0.25, -0.2) is 19.9 Å². The molecule has 0 aliphatic carbocycles. The number of hydrogen-bond donors (Lipinski definition) is 7. The smallest absolute Gasteiger partial charge is 0.387 e. The molecule has 26 nitrogen and oxygen atoms in total. The summed E-state index contributed by atoms with van der Waals surface area (Å²) in [6.07, 6.45) is 11.1. The normalized spacial score (nSPS) is 14.7. The van der Waals surface area contributed by atoms with Gasteiger partial charge in [-0.15, -0.1) is 0 Å². The van der Waals surface area contributed by atoms with E-state index >= 15 is 0 Å². The number of fused-ring (bicyclic) bond motifs is 6. The van der Waals surface area contributed by atoms with Crippen LogP contribution in [-0.2, 0) is 0 Å². The molecule has 14 heterocycles. The number of pyridine rings is 4. The van der Waals surface area contributed by atoms with Crippen molar-refractivity contribution >= 4 is 67.1 Å². The van der Waals surface area contributed by atoms with Crippen LogP contribution in [0.25, 0.3) is 89.4 Å². The number of aromatic hydroxyl groups is 1. The third kappa shape index (κ3) is 16.4. The molecule has 0 bridgehead atoms. The van der Waals surface area contributed by atoms with E-state index in [0.717, 1.165) is 160 Å². The van der Waals surface area contributed by atoms with E-state index in [1.54, 1.807) is 51.5 Å². The van der Waals surface area contributed by atoms with Crippen molar-refractivity contribution in [2.45, 2.75) is 13.2 Å². The number of nitrogens with one attached hydrogen (secondary N) is 6. The summed E-state index contributed by atoms with van der Waals surface area (Å²) in [5.41, 5.74) is 12.5. The third-order valence-corrected chi connectivity index (χ3v) is 19.4. The minimum absolute atomic E-state index is 0.0591. The number of nitrogens with zero attached hydrogens (tertiary/aromatic N) is 12. The maximum absolute atomic E-state index is 12.7. The lowest BCUT2D eigenvalue weighted by molar-refractivity contribution is -0.0518. The average molecular weight is 1480 g/mol. The summed E-state index contributed by atoms with van der Waals surface area (Å²) < 4.78 is 70.4. The van der Waals surface area contributed by atoms with E-state index in [4.69, 9.17) is 14.7 Å². The molecule has 30 heteroatoms. The Kier molecular flexibility index (Phi) is 21.3. The van der Waals surface area contributed by atoms with E-state index in [9.17, 15) is 41.8 Å². The van der Waals surface area contributed by atoms with Gasteiger partial charge in [0.25, 0.3) is 22.2 Å². The van der Waals surface area contributed by atoms with Crippen molar-refractivity contribution in [2.75, 3.05) is 131 Å². The van der Waals surface area contributed by atoms with Gasteiger partial charge in [-0.2, -0.15) is 17.6 Å². The maximum atomic E-state index is 12.7. The summed E-state index contributed by atoms with van der Waals surface area (Å²) in [6, 6.07) is 45.9. The molecule has 0 atom stereocenters. The van der Waals surface area contributed by atoms with Gasteiger partial charge in [0.2, 0.25) is 0 Å². The van der Waals surface area contributed by atoms with Crippen LogP contribution in [0, 0.1) is 0 Å². The minimum atomic E-state index is -3.07. The summed E-state index contributed by atoms with van der Waals surface area (Å²) in [5.74, 6) is -0.728. The standard InChI is InChI=1S/C20H20F2N4O3.2C20H19N5O.C19H18F2N4O3/c1-28-16-4-2-13(10-17(16)29-20(21)22)15-11-19(27)26-12-14(3-5-18(26)24-15)25-8-6-23-7-9-25;26-20-12-18(14-1-3-17-15(11-14)5-6-22-17)23-19-4-2-16(13-25(19)20)24-9-7-21-8-10-24;26-20-12-18(15-2-1-14-5-6-22-17(14)11-15)23-19-4-3-16(13-25(19)20)24-9-7-21-8-10-24;20-19(21)28-16-9-12(1-3-15(16)26)14-10-18(27)25-11-13(2-4-17(25)23-14)24-7-5-22-6-8-24/h2-5,10-12,20,23H,6-9H2,1H3;2*1-6,11-13,21-22H,7-10H2;1-4,9-11,19,22,26H,5-8H2. The molecule has 4 aromatic carbocycles. The van der Waals surface area contributed by atoms with E-state index < -0.39 is 19.0 Å². The van der Waals surface area contributed by atoms with Crippen LogP contribution in [0.3, 0.4) is 0 Å². The highest BCUT2D eigenvalue weighted by molar-refractivity contribution is 5.86. The Bertz CT molecular complexity index is 5700. The molecule has 4 saturated heterocycles. The van der Waals surface area contributed by atoms with Crippen molar-refractivity contribution in [3.05, 3.63) is 236 Å². The van der Waals surface area contributed by atoms with Crippen LogP contribution in [0.5, 0.6) is 23.0 Å². The number of hydrogen-bond acceptors (Lipinski definition) is 20. The zero-order valence-corrected chi connectivity index (χ0v) is 59.1. The van der Waals surface area contributed by atoms with E-state index in [1.165, 1.54) is 58.4 Å². The van der Waals surface area contributed by atoms with Crippen LogP contribution in [0.4, 0.5) is 40.3 Å². The Hall–Kier alpha value is -12.6. The van der Waals surface area contributed by atoms with Crippen molar-refractivity contribution < 1.29 is 36.9 Å². The van der Waals surface area contributed by atoms with E-state index in [1.807, 2.05) is 104 Å². The molecule has 109 heavy (non-hydrogen) atoms. The molecule has 0 unspecified atom stereocenters. The van der Waals surface area contributed by atoms with E-state index in [2.05, 4.69) is 76.3 Å². The van der Waals surface area contributed by atoms with Crippen LogP contribution in [0.2, 0.25) is 0 Å². The lowest BCUT2D eigenvalue weighted by Gasteiger charge is -2.29. The molecule has 14 aromatic rings. The molecule has 4 fully saturated rings. The number of phenols is 1. The van der Waals surface area contributed by atoms with Crippen molar-refractivity contribution in [1.29, 1.82) is 0 Å². The van der Waals surface area contributed by atoms with Crippen LogP contribution in [-0.4, -0.2) is 178 Å². The maximum Gasteiger partial charge on any atom is 0.387 e. The van der Waals surface area contributed by atoms with Crippen LogP contribution < -0.4 is 77.3 Å². The highest BCUT2D eigenvalue weighted by Gasteiger charge is 2.21. The molecule has 0 amide bonds. The Balaban J connectivity index is 0.000000116. The zero-order valence-electron chi connectivity index (χ0n) is 59.1. The van der Waals surface area contributed by atoms with Crippen molar-refractivity contribution in [3.63, 3.8) is 0 Å². The fourth-order valence-electron chi connectivity index (χ4n) is 13.7. The summed E-state index contributed by atoms with van der Waals surface area (Å²) in [4.78, 5) is 84.5. The highest BCUT2D eigenvalue weighted by atomic mass is 19.3. The SMILES string of the molecule is COc1ccc(-c2cc(=O)n3cc(N4CCNCC4)ccc3n2)cc1OC(F)F.O=c1cc(-c2ccc(O)c(OC(F)F)c2)nc2ccc(N3CCNCC3)cn12.O=c1cc(-c2ccc3[nH]ccc3c2)nc2ccc(N3CCNCC3)cn12.O=c1cc(-c2ccc3cc[nH]c3c2)nc2ccc(N3CCNCC3)cn12. The molecule has 0 saturated carbocycles.